The first-order valence-corrected chi connectivity index (χ1v) is 4.78. The van der Waals surface area contributed by atoms with Crippen molar-refractivity contribution in [3.8, 4) is 0 Å². The topological polar surface area (TPSA) is 49.3 Å². The quantitative estimate of drug-likeness (QED) is 0.641. The normalized spacial score (nSPS) is 20.8. The van der Waals surface area contributed by atoms with Crippen LogP contribution in [0.4, 0.5) is 0 Å². The summed E-state index contributed by atoms with van der Waals surface area (Å²) in [6.07, 6.45) is 7.18. The van der Waals surface area contributed by atoms with Crippen LogP contribution in [0.3, 0.4) is 0 Å². The van der Waals surface area contributed by atoms with Crippen LogP contribution in [0.2, 0.25) is 0 Å². The van der Waals surface area contributed by atoms with Gasteiger partial charge in [0.1, 0.15) is 0 Å². The molecule has 1 rings (SSSR count). The summed E-state index contributed by atoms with van der Waals surface area (Å²) in [4.78, 5) is 11.3. The summed E-state index contributed by atoms with van der Waals surface area (Å²) in [5.41, 5.74) is -0.337. The van der Waals surface area contributed by atoms with E-state index in [0.717, 1.165) is 25.7 Å². The molecule has 74 valence electrons. The van der Waals surface area contributed by atoms with Crippen LogP contribution in [-0.2, 0) is 4.79 Å². The Hall–Kier alpha value is -0.830. The van der Waals surface area contributed by atoms with Gasteiger partial charge in [0.2, 0.25) is 5.91 Å². The van der Waals surface area contributed by atoms with Crippen molar-refractivity contribution in [3.05, 3.63) is 12.2 Å². The van der Waals surface area contributed by atoms with Crippen LogP contribution in [0.15, 0.2) is 12.2 Å². The van der Waals surface area contributed by atoms with Crippen LogP contribution in [0.25, 0.3) is 0 Å². The van der Waals surface area contributed by atoms with Crippen molar-refractivity contribution in [2.75, 3.05) is 6.61 Å². The van der Waals surface area contributed by atoms with Gasteiger partial charge in [-0.3, -0.25) is 4.79 Å². The van der Waals surface area contributed by atoms with Gasteiger partial charge in [0.05, 0.1) is 12.1 Å². The highest BCUT2D eigenvalue weighted by Gasteiger charge is 2.33. The van der Waals surface area contributed by atoms with Crippen LogP contribution in [0.5, 0.6) is 0 Å². The van der Waals surface area contributed by atoms with Crippen molar-refractivity contribution >= 4 is 5.91 Å². The largest absolute Gasteiger partial charge is 0.394 e. The van der Waals surface area contributed by atoms with Crippen LogP contribution in [-0.4, -0.2) is 23.2 Å². The molecule has 2 N–H and O–H groups in total. The highest BCUT2D eigenvalue weighted by molar-refractivity contribution is 5.88. The molecule has 3 heteroatoms. The molecular formula is C10H17NO2. The second-order valence-electron chi connectivity index (χ2n) is 3.63. The van der Waals surface area contributed by atoms with Crippen LogP contribution < -0.4 is 5.32 Å². The van der Waals surface area contributed by atoms with E-state index in [1.165, 1.54) is 6.08 Å². The lowest BCUT2D eigenvalue weighted by molar-refractivity contribution is -0.118. The Morgan fingerprint density at radius 2 is 2.15 bits per heavy atom. The fraction of sp³-hybridized carbons (Fsp3) is 0.700. The lowest BCUT2D eigenvalue weighted by Crippen LogP contribution is -2.48. The van der Waals surface area contributed by atoms with Crippen LogP contribution >= 0.6 is 0 Å². The Bertz CT molecular complexity index is 205. The predicted molar refractivity (Wildman–Crippen MR) is 51.2 cm³/mol. The second-order valence-corrected chi connectivity index (χ2v) is 3.63. The molecule has 1 aliphatic rings. The number of carbonyl (C=O) groups is 1. The number of hydrogen-bond donors (Lipinski definition) is 2. The Morgan fingerprint density at radius 1 is 1.54 bits per heavy atom. The van der Waals surface area contributed by atoms with E-state index in [1.54, 1.807) is 13.0 Å². The monoisotopic (exact) mass is 183 g/mol. The third kappa shape index (κ3) is 2.56. The number of nitrogens with one attached hydrogen (secondary N) is 1. The van der Waals surface area contributed by atoms with Gasteiger partial charge in [0, 0.05) is 0 Å². The number of carbonyl (C=O) groups excluding carboxylic acids is 1. The van der Waals surface area contributed by atoms with E-state index in [2.05, 4.69) is 5.32 Å². The van der Waals surface area contributed by atoms with E-state index >= 15 is 0 Å². The van der Waals surface area contributed by atoms with Gasteiger partial charge in [-0.2, -0.15) is 0 Å². The summed E-state index contributed by atoms with van der Waals surface area (Å²) >= 11 is 0. The second kappa shape index (κ2) is 4.42. The maximum absolute atomic E-state index is 11.3. The fourth-order valence-electron chi connectivity index (χ4n) is 1.83. The minimum Gasteiger partial charge on any atom is -0.394 e. The van der Waals surface area contributed by atoms with E-state index in [-0.39, 0.29) is 18.1 Å². The summed E-state index contributed by atoms with van der Waals surface area (Å²) in [6, 6.07) is 0. The molecule has 0 unspecified atom stereocenters. The molecule has 1 aliphatic carbocycles. The van der Waals surface area contributed by atoms with E-state index in [4.69, 9.17) is 0 Å². The molecule has 0 heterocycles. The summed E-state index contributed by atoms with van der Waals surface area (Å²) in [7, 11) is 0. The van der Waals surface area contributed by atoms with E-state index in [1.807, 2.05) is 0 Å². The summed E-state index contributed by atoms with van der Waals surface area (Å²) < 4.78 is 0. The fourth-order valence-corrected chi connectivity index (χ4v) is 1.83. The number of aliphatic hydroxyl groups excluding tert-OH is 1. The molecule has 0 radical (unpaired) electrons. The zero-order chi connectivity index (χ0) is 9.73. The van der Waals surface area contributed by atoms with Crippen molar-refractivity contribution in [2.45, 2.75) is 38.1 Å². The maximum Gasteiger partial charge on any atom is 0.244 e. The van der Waals surface area contributed by atoms with Crippen LogP contribution in [0, 0.1) is 0 Å². The lowest BCUT2D eigenvalue weighted by atomic mass is 9.99. The van der Waals surface area contributed by atoms with Gasteiger partial charge < -0.3 is 10.4 Å². The number of rotatable bonds is 3. The minimum absolute atomic E-state index is 0.0519. The van der Waals surface area contributed by atoms with Crippen molar-refractivity contribution in [1.82, 2.24) is 5.32 Å². The van der Waals surface area contributed by atoms with Gasteiger partial charge in [-0.1, -0.05) is 18.9 Å². The van der Waals surface area contributed by atoms with Crippen molar-refractivity contribution in [1.29, 1.82) is 0 Å². The number of allylic oxidation sites excluding steroid dienone is 1. The summed E-state index contributed by atoms with van der Waals surface area (Å²) in [5, 5.41) is 12.1. The highest BCUT2D eigenvalue weighted by atomic mass is 16.3. The number of aliphatic hydroxyl groups is 1. The molecule has 0 atom stereocenters. The van der Waals surface area contributed by atoms with Gasteiger partial charge in [0.15, 0.2) is 0 Å². The molecule has 0 spiro atoms. The minimum atomic E-state index is -0.337. The molecule has 1 amide bonds. The van der Waals surface area contributed by atoms with Crippen LogP contribution in [0.1, 0.15) is 32.6 Å². The average Bonchev–Trinajstić information content (AvgIpc) is 2.54. The maximum atomic E-state index is 11.3. The molecule has 3 nitrogen and oxygen atoms in total. The van der Waals surface area contributed by atoms with Gasteiger partial charge in [-0.15, -0.1) is 0 Å². The first-order chi connectivity index (χ1) is 6.22. The Morgan fingerprint density at radius 3 is 2.62 bits per heavy atom. The van der Waals surface area contributed by atoms with Crippen molar-refractivity contribution in [3.63, 3.8) is 0 Å². The zero-order valence-corrected chi connectivity index (χ0v) is 8.05. The van der Waals surface area contributed by atoms with Gasteiger partial charge >= 0.3 is 0 Å². The SMILES string of the molecule is CC=CC(=O)NC1(CO)CCCC1. The van der Waals surface area contributed by atoms with E-state index < -0.39 is 0 Å². The molecule has 1 saturated carbocycles. The standard InChI is InChI=1S/C10H17NO2/c1-2-5-9(13)11-10(8-12)6-3-4-7-10/h2,5,12H,3-4,6-8H2,1H3,(H,11,13). The lowest BCUT2D eigenvalue weighted by Gasteiger charge is -2.27. The van der Waals surface area contributed by atoms with Crippen molar-refractivity contribution < 1.29 is 9.90 Å². The predicted octanol–water partition coefficient (Wildman–Crippen LogP) is 0.984. The number of amides is 1. The molecule has 0 aromatic carbocycles. The average molecular weight is 183 g/mol. The van der Waals surface area contributed by atoms with E-state index in [0.29, 0.717) is 0 Å². The third-order valence-electron chi connectivity index (χ3n) is 2.57. The van der Waals surface area contributed by atoms with Gasteiger partial charge in [-0.05, 0) is 25.8 Å². The number of hydrogen-bond acceptors (Lipinski definition) is 2. The molecular weight excluding hydrogens is 166 g/mol. The zero-order valence-electron chi connectivity index (χ0n) is 8.05. The summed E-state index contributed by atoms with van der Waals surface area (Å²) in [5.74, 6) is -0.0987. The Labute approximate surface area is 78.8 Å². The molecule has 0 aromatic heterocycles. The Kier molecular flexibility index (Phi) is 3.48. The molecule has 1 fully saturated rings. The first-order valence-electron chi connectivity index (χ1n) is 4.78. The van der Waals surface area contributed by atoms with Gasteiger partial charge in [-0.25, -0.2) is 0 Å². The molecule has 13 heavy (non-hydrogen) atoms. The van der Waals surface area contributed by atoms with Gasteiger partial charge in [0.25, 0.3) is 0 Å². The van der Waals surface area contributed by atoms with E-state index in [9.17, 15) is 9.90 Å². The summed E-state index contributed by atoms with van der Waals surface area (Å²) in [6.45, 7) is 1.86. The molecule has 0 bridgehead atoms. The molecule has 0 aromatic rings. The Balaban J connectivity index is 2.52. The smallest absolute Gasteiger partial charge is 0.244 e. The van der Waals surface area contributed by atoms with Crippen molar-refractivity contribution in [2.24, 2.45) is 0 Å². The molecule has 0 saturated heterocycles. The molecule has 0 aliphatic heterocycles. The highest BCUT2D eigenvalue weighted by Crippen LogP contribution is 2.28. The third-order valence-corrected chi connectivity index (χ3v) is 2.57. The first kappa shape index (κ1) is 10.3.